The van der Waals surface area contributed by atoms with Gasteiger partial charge in [0.25, 0.3) is 0 Å². The summed E-state index contributed by atoms with van der Waals surface area (Å²) >= 11 is 5.93. The maximum absolute atomic E-state index is 11.4. The highest BCUT2D eigenvalue weighted by molar-refractivity contribution is 6.30. The molecule has 1 aromatic carbocycles. The van der Waals surface area contributed by atoms with Crippen LogP contribution in [0.1, 0.15) is 31.9 Å². The molecule has 0 aliphatic heterocycles. The maximum atomic E-state index is 11.4. The summed E-state index contributed by atoms with van der Waals surface area (Å²) in [6, 6.07) is 5.59. The molecule has 0 aliphatic carbocycles. The van der Waals surface area contributed by atoms with Gasteiger partial charge in [0.15, 0.2) is 0 Å². The fraction of sp³-hybridized carbons (Fsp3) is 0.400. The molecule has 0 aliphatic rings. The molecule has 0 atom stereocenters. The molecule has 0 unspecified atom stereocenters. The van der Waals surface area contributed by atoms with E-state index in [0.717, 1.165) is 11.1 Å². The molecule has 0 spiro atoms. The number of rotatable bonds is 1. The van der Waals surface area contributed by atoms with Gasteiger partial charge in [-0.3, -0.25) is 0 Å². The zero-order valence-electron chi connectivity index (χ0n) is 11.6. The minimum Gasteiger partial charge on any atom is -0.444 e. The molecular formula is C15H18ClNO2. The molecule has 0 saturated heterocycles. The lowest BCUT2D eigenvalue weighted by atomic mass is 10.1. The van der Waals surface area contributed by atoms with Gasteiger partial charge in [-0.2, -0.15) is 0 Å². The molecule has 1 N–H and O–H groups in total. The number of benzene rings is 1. The van der Waals surface area contributed by atoms with Crippen molar-refractivity contribution >= 4 is 17.7 Å². The highest BCUT2D eigenvalue weighted by Gasteiger charge is 2.14. The SMILES string of the molecule is Cc1cc(Cl)cc(C#CCNC(=O)OC(C)(C)C)c1. The van der Waals surface area contributed by atoms with Crippen LogP contribution in [-0.4, -0.2) is 18.2 Å². The summed E-state index contributed by atoms with van der Waals surface area (Å²) in [6.45, 7) is 7.63. The van der Waals surface area contributed by atoms with Crippen molar-refractivity contribution in [1.29, 1.82) is 0 Å². The highest BCUT2D eigenvalue weighted by atomic mass is 35.5. The van der Waals surface area contributed by atoms with E-state index in [1.807, 2.05) is 39.8 Å². The number of hydrogen-bond acceptors (Lipinski definition) is 2. The average Bonchev–Trinajstić information content (AvgIpc) is 2.20. The average molecular weight is 280 g/mol. The normalized spacial score (nSPS) is 10.4. The van der Waals surface area contributed by atoms with E-state index in [-0.39, 0.29) is 6.54 Å². The predicted molar refractivity (Wildman–Crippen MR) is 77.3 cm³/mol. The Hall–Kier alpha value is -1.66. The van der Waals surface area contributed by atoms with Crippen molar-refractivity contribution in [3.63, 3.8) is 0 Å². The van der Waals surface area contributed by atoms with E-state index in [1.165, 1.54) is 0 Å². The molecule has 0 radical (unpaired) electrons. The molecule has 0 bridgehead atoms. The van der Waals surface area contributed by atoms with Crippen molar-refractivity contribution < 1.29 is 9.53 Å². The Bertz CT molecular complexity index is 501. The Morgan fingerprint density at radius 3 is 2.63 bits per heavy atom. The van der Waals surface area contributed by atoms with E-state index in [9.17, 15) is 4.79 Å². The summed E-state index contributed by atoms with van der Waals surface area (Å²) in [5.41, 5.74) is 1.38. The first-order valence-electron chi connectivity index (χ1n) is 5.99. The van der Waals surface area contributed by atoms with Gasteiger partial charge in [0, 0.05) is 10.6 Å². The number of halogens is 1. The number of carbonyl (C=O) groups excluding carboxylic acids is 1. The van der Waals surface area contributed by atoms with Crippen molar-refractivity contribution in [3.8, 4) is 11.8 Å². The van der Waals surface area contributed by atoms with E-state index in [0.29, 0.717) is 5.02 Å². The number of nitrogens with one attached hydrogen (secondary N) is 1. The van der Waals surface area contributed by atoms with Crippen LogP contribution in [-0.2, 0) is 4.74 Å². The molecule has 0 heterocycles. The van der Waals surface area contributed by atoms with Crippen LogP contribution in [0, 0.1) is 18.8 Å². The summed E-state index contributed by atoms with van der Waals surface area (Å²) in [5, 5.41) is 3.23. The molecule has 0 fully saturated rings. The van der Waals surface area contributed by atoms with Crippen LogP contribution in [0.5, 0.6) is 0 Å². The lowest BCUT2D eigenvalue weighted by Crippen LogP contribution is -2.32. The second-order valence-corrected chi connectivity index (χ2v) is 5.61. The molecular weight excluding hydrogens is 262 g/mol. The van der Waals surface area contributed by atoms with Crippen molar-refractivity contribution in [1.82, 2.24) is 5.32 Å². The van der Waals surface area contributed by atoms with Crippen molar-refractivity contribution in [3.05, 3.63) is 34.3 Å². The standard InChI is InChI=1S/C15H18ClNO2/c1-11-8-12(10-13(16)9-11)6-5-7-17-14(18)19-15(2,3)4/h8-10H,7H2,1-4H3,(H,17,18). The fourth-order valence-corrected chi connectivity index (χ4v) is 1.67. The molecule has 102 valence electrons. The minimum atomic E-state index is -0.498. The molecule has 0 aromatic heterocycles. The molecule has 19 heavy (non-hydrogen) atoms. The number of hydrogen-bond donors (Lipinski definition) is 1. The maximum Gasteiger partial charge on any atom is 0.408 e. The van der Waals surface area contributed by atoms with Crippen LogP contribution in [0.3, 0.4) is 0 Å². The molecule has 1 rings (SSSR count). The zero-order valence-corrected chi connectivity index (χ0v) is 12.4. The molecule has 1 aromatic rings. The quantitative estimate of drug-likeness (QED) is 0.799. The van der Waals surface area contributed by atoms with E-state index in [2.05, 4.69) is 17.2 Å². The van der Waals surface area contributed by atoms with E-state index < -0.39 is 11.7 Å². The molecule has 1 amide bonds. The zero-order chi connectivity index (χ0) is 14.5. The lowest BCUT2D eigenvalue weighted by Gasteiger charge is -2.19. The number of alkyl carbamates (subject to hydrolysis) is 1. The Morgan fingerprint density at radius 1 is 1.37 bits per heavy atom. The second-order valence-electron chi connectivity index (χ2n) is 5.17. The Labute approximate surface area is 119 Å². The number of ether oxygens (including phenoxy) is 1. The van der Waals surface area contributed by atoms with Gasteiger partial charge in [0.05, 0.1) is 6.54 Å². The van der Waals surface area contributed by atoms with Gasteiger partial charge in [-0.05, 0) is 51.5 Å². The lowest BCUT2D eigenvalue weighted by molar-refractivity contribution is 0.0535. The first-order valence-corrected chi connectivity index (χ1v) is 6.37. The van der Waals surface area contributed by atoms with Crippen molar-refractivity contribution in [2.24, 2.45) is 0 Å². The van der Waals surface area contributed by atoms with Crippen LogP contribution < -0.4 is 5.32 Å². The van der Waals surface area contributed by atoms with Gasteiger partial charge in [0.1, 0.15) is 5.60 Å². The number of carbonyl (C=O) groups is 1. The van der Waals surface area contributed by atoms with Crippen molar-refractivity contribution in [2.45, 2.75) is 33.3 Å². The molecule has 3 nitrogen and oxygen atoms in total. The van der Waals surface area contributed by atoms with Gasteiger partial charge in [-0.25, -0.2) is 4.79 Å². The van der Waals surface area contributed by atoms with Crippen LogP contribution in [0.4, 0.5) is 4.79 Å². The third-order valence-corrected chi connectivity index (χ3v) is 2.21. The smallest absolute Gasteiger partial charge is 0.408 e. The third kappa shape index (κ3) is 6.73. The molecule has 0 saturated carbocycles. The largest absolute Gasteiger partial charge is 0.444 e. The van der Waals surface area contributed by atoms with E-state index in [1.54, 1.807) is 6.07 Å². The first kappa shape index (κ1) is 15.4. The van der Waals surface area contributed by atoms with Crippen LogP contribution >= 0.6 is 11.6 Å². The Morgan fingerprint density at radius 2 is 2.05 bits per heavy atom. The predicted octanol–water partition coefficient (Wildman–Crippen LogP) is 3.52. The van der Waals surface area contributed by atoms with Crippen LogP contribution in [0.15, 0.2) is 18.2 Å². The van der Waals surface area contributed by atoms with Gasteiger partial charge in [0.2, 0.25) is 0 Å². The topological polar surface area (TPSA) is 38.3 Å². The van der Waals surface area contributed by atoms with E-state index >= 15 is 0 Å². The number of amides is 1. The second kappa shape index (κ2) is 6.49. The summed E-state index contributed by atoms with van der Waals surface area (Å²) in [5.74, 6) is 5.79. The van der Waals surface area contributed by atoms with E-state index in [4.69, 9.17) is 16.3 Å². The Kier molecular flexibility index (Phi) is 5.26. The Balaban J connectivity index is 2.50. The third-order valence-electron chi connectivity index (χ3n) is 1.99. The number of aryl methyl sites for hydroxylation is 1. The summed E-state index contributed by atoms with van der Waals surface area (Å²) in [4.78, 5) is 11.4. The van der Waals surface area contributed by atoms with Gasteiger partial charge in [-0.1, -0.05) is 23.4 Å². The van der Waals surface area contributed by atoms with Gasteiger partial charge >= 0.3 is 6.09 Å². The van der Waals surface area contributed by atoms with Gasteiger partial charge in [-0.15, -0.1) is 0 Å². The summed E-state index contributed by atoms with van der Waals surface area (Å²) in [6.07, 6.45) is -0.468. The van der Waals surface area contributed by atoms with Crippen LogP contribution in [0.25, 0.3) is 0 Å². The van der Waals surface area contributed by atoms with Crippen LogP contribution in [0.2, 0.25) is 5.02 Å². The monoisotopic (exact) mass is 279 g/mol. The fourth-order valence-electron chi connectivity index (χ4n) is 1.39. The minimum absolute atomic E-state index is 0.237. The van der Waals surface area contributed by atoms with Gasteiger partial charge < -0.3 is 10.1 Å². The highest BCUT2D eigenvalue weighted by Crippen LogP contribution is 2.13. The first-order chi connectivity index (χ1) is 8.76. The van der Waals surface area contributed by atoms with Crippen molar-refractivity contribution in [2.75, 3.05) is 6.54 Å². The summed E-state index contributed by atoms with van der Waals surface area (Å²) in [7, 11) is 0. The molecule has 4 heteroatoms. The summed E-state index contributed by atoms with van der Waals surface area (Å²) < 4.78 is 5.09.